The van der Waals surface area contributed by atoms with Gasteiger partial charge in [-0.05, 0) is 30.3 Å². The zero-order chi connectivity index (χ0) is 27.1. The Hall–Kier alpha value is -3.64. The Morgan fingerprint density at radius 3 is 2.21 bits per heavy atom. The van der Waals surface area contributed by atoms with Crippen LogP contribution in [-0.4, -0.2) is 56.1 Å². The van der Waals surface area contributed by atoms with Gasteiger partial charge in [-0.3, -0.25) is 19.6 Å². The van der Waals surface area contributed by atoms with Crippen LogP contribution in [0.4, 0.5) is 11.5 Å². The van der Waals surface area contributed by atoms with Crippen LogP contribution in [0.3, 0.4) is 0 Å². The predicted octanol–water partition coefficient (Wildman–Crippen LogP) is 3.28. The molecule has 0 spiro atoms. The number of nitrogens with two attached hydrogens (primary N) is 1. The number of fused-ring (bicyclic) bond motifs is 1. The number of hydrogen-bond acceptors (Lipinski definition) is 8. The predicted molar refractivity (Wildman–Crippen MR) is 147 cm³/mol. The van der Waals surface area contributed by atoms with Gasteiger partial charge in [0.2, 0.25) is 0 Å². The smallest absolute Gasteiger partial charge is 0.314 e. The number of pyridine rings is 3. The fourth-order valence-electron chi connectivity index (χ4n) is 3.73. The number of nitrogens with zero attached hydrogens (tertiary/aromatic N) is 6. The third-order valence-corrected chi connectivity index (χ3v) is 7.51. The van der Waals surface area contributed by atoms with Gasteiger partial charge >= 0.3 is 11.8 Å². The van der Waals surface area contributed by atoms with Gasteiger partial charge in [-0.2, -0.15) is 5.10 Å². The molecule has 0 unspecified atom stereocenters. The van der Waals surface area contributed by atoms with E-state index in [4.69, 9.17) is 10.5 Å². The molecule has 3 N–H and O–H groups in total. The largest absolute Gasteiger partial charge is 0.383 e. The Morgan fingerprint density at radius 2 is 1.64 bits per heavy atom. The van der Waals surface area contributed by atoms with Crippen molar-refractivity contribution in [2.24, 2.45) is 0 Å². The van der Waals surface area contributed by atoms with Crippen molar-refractivity contribution < 1.29 is 31.4 Å². The van der Waals surface area contributed by atoms with Crippen molar-refractivity contribution in [1.29, 1.82) is 0 Å². The first-order chi connectivity index (χ1) is 18.2. The molecule has 11 nitrogen and oxygen atoms in total. The molecule has 0 saturated heterocycles. The Labute approximate surface area is 238 Å². The molecule has 2 amide bonds. The van der Waals surface area contributed by atoms with Crippen LogP contribution in [0.2, 0.25) is 25.7 Å². The molecule has 4 aromatic heterocycles. The second-order valence-electron chi connectivity index (χ2n) is 10.1. The number of carbonyl (C=O) groups excluding carboxylic acids is 2. The van der Waals surface area contributed by atoms with E-state index >= 15 is 0 Å². The van der Waals surface area contributed by atoms with E-state index in [9.17, 15) is 9.59 Å². The molecular weight excluding hydrogens is 564 g/mol. The number of amides is 2. The number of ether oxygens (including phenoxy) is 1. The normalized spacial score (nSPS) is 11.2. The summed E-state index contributed by atoms with van der Waals surface area (Å²) in [5, 5.41) is 7.63. The Kier molecular flexibility index (Phi) is 10.3. The van der Waals surface area contributed by atoms with Crippen molar-refractivity contribution in [2.45, 2.75) is 45.5 Å². The molecule has 0 aliphatic carbocycles. The molecule has 0 aliphatic rings. The monoisotopic (exact) mass is 595 g/mol. The molecule has 0 saturated carbocycles. The van der Waals surface area contributed by atoms with Gasteiger partial charge in [0, 0.05) is 44.1 Å². The van der Waals surface area contributed by atoms with E-state index in [1.165, 1.54) is 11.1 Å². The molecule has 0 atom stereocenters. The molecule has 0 aromatic carbocycles. The third-order valence-electron chi connectivity index (χ3n) is 5.80. The second-order valence-corrected chi connectivity index (χ2v) is 15.7. The van der Waals surface area contributed by atoms with E-state index in [0.717, 1.165) is 6.04 Å². The van der Waals surface area contributed by atoms with Crippen LogP contribution in [0.25, 0.3) is 10.9 Å². The van der Waals surface area contributed by atoms with Crippen LogP contribution in [0.1, 0.15) is 11.4 Å². The summed E-state index contributed by atoms with van der Waals surface area (Å²) in [6.45, 7) is 7.91. The summed E-state index contributed by atoms with van der Waals surface area (Å²) >= 11 is 0. The first-order valence-corrected chi connectivity index (χ1v) is 16.0. The number of nitrogen functional groups attached to an aromatic ring is 1. The first-order valence-electron chi connectivity index (χ1n) is 12.3. The maximum atomic E-state index is 13.4. The van der Waals surface area contributed by atoms with Gasteiger partial charge in [0.1, 0.15) is 12.5 Å². The van der Waals surface area contributed by atoms with Gasteiger partial charge < -0.3 is 20.7 Å². The molecule has 1 radical (unpaired) electrons. The SMILES string of the molecule is C[Si](C)(C)CCOCn1ncc2c(N)ncc(NC(=O)C(=O)N(Cc3ccccn3)Cc3ccccn3)c21.[Cu]. The van der Waals surface area contributed by atoms with Crippen molar-refractivity contribution >= 4 is 42.3 Å². The fourth-order valence-corrected chi connectivity index (χ4v) is 4.49. The topological polar surface area (TPSA) is 141 Å². The van der Waals surface area contributed by atoms with E-state index in [2.05, 4.69) is 45.0 Å². The molecule has 13 heteroatoms. The summed E-state index contributed by atoms with van der Waals surface area (Å²) in [6.07, 6.45) is 6.28. The van der Waals surface area contributed by atoms with Crippen molar-refractivity contribution in [1.82, 2.24) is 29.6 Å². The van der Waals surface area contributed by atoms with Crippen LogP contribution >= 0.6 is 0 Å². The van der Waals surface area contributed by atoms with Gasteiger partial charge in [-0.1, -0.05) is 31.8 Å². The zero-order valence-corrected chi connectivity index (χ0v) is 24.0. The molecule has 0 aliphatic heterocycles. The van der Waals surface area contributed by atoms with Crippen molar-refractivity contribution in [3.63, 3.8) is 0 Å². The minimum atomic E-state index is -1.25. The van der Waals surface area contributed by atoms with Crippen LogP contribution in [0.5, 0.6) is 0 Å². The fraction of sp³-hybridized carbons (Fsp3) is 0.308. The summed E-state index contributed by atoms with van der Waals surface area (Å²) in [6, 6.07) is 11.8. The number of aromatic nitrogens is 5. The van der Waals surface area contributed by atoms with Gasteiger partial charge in [0.15, 0.2) is 0 Å². The summed E-state index contributed by atoms with van der Waals surface area (Å²) in [5.41, 5.74) is 8.20. The van der Waals surface area contributed by atoms with E-state index in [1.807, 2.05) is 12.1 Å². The quantitative estimate of drug-likeness (QED) is 0.162. The van der Waals surface area contributed by atoms with Gasteiger partial charge in [-0.25, -0.2) is 9.67 Å². The van der Waals surface area contributed by atoms with Crippen LogP contribution in [-0.2, 0) is 51.2 Å². The number of hydrogen-bond donors (Lipinski definition) is 2. The molecular formula is C26H32CuN8O3Si. The molecule has 0 bridgehead atoms. The molecule has 4 rings (SSSR count). The van der Waals surface area contributed by atoms with E-state index in [-0.39, 0.29) is 42.7 Å². The Morgan fingerprint density at radius 1 is 1.00 bits per heavy atom. The number of carbonyl (C=O) groups is 2. The van der Waals surface area contributed by atoms with Crippen LogP contribution in [0, 0.1) is 0 Å². The summed E-state index contributed by atoms with van der Waals surface area (Å²) in [7, 11) is -1.25. The van der Waals surface area contributed by atoms with E-state index < -0.39 is 19.9 Å². The maximum absolute atomic E-state index is 13.4. The summed E-state index contributed by atoms with van der Waals surface area (Å²) in [4.78, 5) is 40.7. The Balaban J connectivity index is 0.00000420. The standard InChI is InChI=1S/C26H32N8O3Si.Cu/c1-38(2,3)13-12-37-18-34-23-21(14-31-34)24(27)30-15-22(23)32-25(35)26(36)33(16-19-8-4-6-10-28-19)17-20-9-5-7-11-29-20;/h4-11,14-15H,12-13,16-18H2,1-3H3,(H2,27,30)(H,32,35);. The first kappa shape index (κ1) is 29.9. The van der Waals surface area contributed by atoms with Crippen LogP contribution in [0.15, 0.2) is 61.2 Å². The maximum Gasteiger partial charge on any atom is 0.314 e. The van der Waals surface area contributed by atoms with Crippen molar-refractivity contribution in [2.75, 3.05) is 17.7 Å². The van der Waals surface area contributed by atoms with Gasteiger partial charge in [-0.15, -0.1) is 0 Å². The second kappa shape index (κ2) is 13.4. The van der Waals surface area contributed by atoms with Gasteiger partial charge in [0.25, 0.3) is 0 Å². The number of nitrogens with one attached hydrogen (secondary N) is 1. The van der Waals surface area contributed by atoms with E-state index in [0.29, 0.717) is 34.6 Å². The third kappa shape index (κ3) is 8.17. The summed E-state index contributed by atoms with van der Waals surface area (Å²) < 4.78 is 7.46. The molecule has 0 fully saturated rings. The van der Waals surface area contributed by atoms with E-state index in [1.54, 1.807) is 47.5 Å². The molecule has 4 heterocycles. The van der Waals surface area contributed by atoms with Crippen molar-refractivity contribution in [3.8, 4) is 0 Å². The minimum Gasteiger partial charge on any atom is -0.383 e. The average molecular weight is 596 g/mol. The molecule has 39 heavy (non-hydrogen) atoms. The average Bonchev–Trinajstić information content (AvgIpc) is 3.33. The minimum absolute atomic E-state index is 0. The molecule has 209 valence electrons. The Bertz CT molecular complexity index is 1360. The van der Waals surface area contributed by atoms with Gasteiger partial charge in [0.05, 0.1) is 53.5 Å². The van der Waals surface area contributed by atoms with Crippen LogP contribution < -0.4 is 11.1 Å². The zero-order valence-electron chi connectivity index (χ0n) is 22.1. The number of anilines is 2. The van der Waals surface area contributed by atoms with Crippen molar-refractivity contribution in [3.05, 3.63) is 72.6 Å². The molecule has 4 aromatic rings. The number of rotatable bonds is 10. The summed E-state index contributed by atoms with van der Waals surface area (Å²) in [5.74, 6) is -1.29.